The zero-order valence-corrected chi connectivity index (χ0v) is 15.8. The molecule has 2 amide bonds. The van der Waals surface area contributed by atoms with Gasteiger partial charge in [0.05, 0.1) is 13.0 Å². The van der Waals surface area contributed by atoms with Crippen molar-refractivity contribution in [1.29, 1.82) is 0 Å². The van der Waals surface area contributed by atoms with E-state index in [1.807, 2.05) is 24.3 Å². The summed E-state index contributed by atoms with van der Waals surface area (Å²) in [5.74, 6) is 0.733. The second-order valence-corrected chi connectivity index (χ2v) is 7.23. The summed E-state index contributed by atoms with van der Waals surface area (Å²) in [5, 5.41) is 3.43. The molecule has 4 rings (SSSR count). The van der Waals surface area contributed by atoms with E-state index in [1.54, 1.807) is 12.0 Å². The van der Waals surface area contributed by atoms with E-state index >= 15 is 0 Å². The minimum absolute atomic E-state index is 0. The molecule has 3 fully saturated rings. The molecule has 1 aromatic carbocycles. The van der Waals surface area contributed by atoms with E-state index < -0.39 is 0 Å². The van der Waals surface area contributed by atoms with Gasteiger partial charge in [-0.3, -0.25) is 9.59 Å². The molecule has 0 aliphatic carbocycles. The van der Waals surface area contributed by atoms with Crippen molar-refractivity contribution in [1.82, 2.24) is 10.2 Å². The molecule has 26 heavy (non-hydrogen) atoms. The summed E-state index contributed by atoms with van der Waals surface area (Å²) < 4.78 is 5.17. The van der Waals surface area contributed by atoms with Crippen molar-refractivity contribution in [3.63, 3.8) is 0 Å². The molecule has 3 aliphatic rings. The van der Waals surface area contributed by atoms with Crippen LogP contribution in [0.4, 0.5) is 5.69 Å². The first-order valence-electron chi connectivity index (χ1n) is 9.14. The number of fused-ring (bicyclic) bond motifs is 2. The monoisotopic (exact) mass is 379 g/mol. The molecular weight excluding hydrogens is 354 g/mol. The van der Waals surface area contributed by atoms with Gasteiger partial charge in [0.1, 0.15) is 5.75 Å². The van der Waals surface area contributed by atoms with Crippen LogP contribution in [0.5, 0.6) is 5.75 Å². The molecule has 3 heterocycles. The maximum Gasteiger partial charge on any atom is 0.228 e. The summed E-state index contributed by atoms with van der Waals surface area (Å²) in [6.45, 7) is 2.34. The topological polar surface area (TPSA) is 61.9 Å². The van der Waals surface area contributed by atoms with Crippen molar-refractivity contribution in [3.05, 3.63) is 24.3 Å². The number of amides is 2. The molecule has 0 aromatic heterocycles. The maximum absolute atomic E-state index is 13.1. The average Bonchev–Trinajstić information content (AvgIpc) is 3.13. The van der Waals surface area contributed by atoms with E-state index in [9.17, 15) is 9.59 Å². The highest BCUT2D eigenvalue weighted by atomic mass is 35.5. The van der Waals surface area contributed by atoms with Crippen LogP contribution in [0.3, 0.4) is 0 Å². The van der Waals surface area contributed by atoms with Gasteiger partial charge in [-0.1, -0.05) is 0 Å². The van der Waals surface area contributed by atoms with Crippen LogP contribution in [0.2, 0.25) is 0 Å². The number of rotatable bonds is 3. The lowest BCUT2D eigenvalue weighted by Gasteiger charge is -2.30. The molecule has 3 aliphatic heterocycles. The van der Waals surface area contributed by atoms with Gasteiger partial charge in [-0.25, -0.2) is 0 Å². The number of carbonyl (C=O) groups excluding carboxylic acids is 2. The van der Waals surface area contributed by atoms with Crippen molar-refractivity contribution in [2.75, 3.05) is 31.6 Å². The molecule has 2 bridgehead atoms. The molecule has 0 radical (unpaired) electrons. The molecule has 142 valence electrons. The molecule has 6 nitrogen and oxygen atoms in total. The van der Waals surface area contributed by atoms with Crippen LogP contribution in [0, 0.1) is 5.92 Å². The fourth-order valence-corrected chi connectivity index (χ4v) is 4.44. The van der Waals surface area contributed by atoms with E-state index in [2.05, 4.69) is 10.2 Å². The Labute approximate surface area is 160 Å². The van der Waals surface area contributed by atoms with Gasteiger partial charge in [0, 0.05) is 37.3 Å². The third-order valence-corrected chi connectivity index (χ3v) is 5.77. The van der Waals surface area contributed by atoms with E-state index in [4.69, 9.17) is 4.74 Å². The fourth-order valence-electron chi connectivity index (χ4n) is 4.44. The lowest BCUT2D eigenvalue weighted by molar-refractivity contribution is -0.138. The standard InChI is InChI=1S/C19H25N3O3.ClH/c1-25-17-6-4-14(5-7-17)21-12-13(10-18(21)23)19(24)22-15-2-3-16(22)11-20-9-8-15;/h4-7,13,15-16,20H,2-3,8-12H2,1H3;1H. The Morgan fingerprint density at radius 2 is 1.88 bits per heavy atom. The molecule has 1 N–H and O–H groups in total. The van der Waals surface area contributed by atoms with Crippen molar-refractivity contribution in [2.24, 2.45) is 5.92 Å². The van der Waals surface area contributed by atoms with E-state index in [0.29, 0.717) is 25.0 Å². The highest BCUT2D eigenvalue weighted by Crippen LogP contribution is 2.33. The van der Waals surface area contributed by atoms with Gasteiger partial charge in [0.15, 0.2) is 0 Å². The van der Waals surface area contributed by atoms with Crippen molar-refractivity contribution >= 4 is 29.9 Å². The van der Waals surface area contributed by atoms with Gasteiger partial charge in [-0.15, -0.1) is 12.4 Å². The first-order valence-corrected chi connectivity index (χ1v) is 9.14. The lowest BCUT2D eigenvalue weighted by atomic mass is 10.1. The Morgan fingerprint density at radius 3 is 2.62 bits per heavy atom. The molecular formula is C19H26ClN3O3. The summed E-state index contributed by atoms with van der Waals surface area (Å²) in [5.41, 5.74) is 0.835. The Kier molecular flexibility index (Phi) is 5.73. The molecule has 3 unspecified atom stereocenters. The number of nitrogens with zero attached hydrogens (tertiary/aromatic N) is 2. The molecule has 3 atom stereocenters. The average molecular weight is 380 g/mol. The van der Waals surface area contributed by atoms with Gasteiger partial charge in [-0.2, -0.15) is 0 Å². The first-order chi connectivity index (χ1) is 12.2. The summed E-state index contributed by atoms with van der Waals surface area (Å²) in [4.78, 5) is 29.4. The highest BCUT2D eigenvalue weighted by Gasteiger charge is 2.44. The number of hydrogen-bond donors (Lipinski definition) is 1. The third kappa shape index (κ3) is 3.40. The van der Waals surface area contributed by atoms with Crippen molar-refractivity contribution in [3.8, 4) is 5.75 Å². The number of hydrogen-bond acceptors (Lipinski definition) is 4. The zero-order valence-electron chi connectivity index (χ0n) is 15.0. The Hall–Kier alpha value is -1.79. The van der Waals surface area contributed by atoms with Gasteiger partial charge in [0.25, 0.3) is 0 Å². The quantitative estimate of drug-likeness (QED) is 0.870. The smallest absolute Gasteiger partial charge is 0.228 e. The largest absolute Gasteiger partial charge is 0.497 e. The molecule has 7 heteroatoms. The molecule has 1 aromatic rings. The zero-order chi connectivity index (χ0) is 17.4. The van der Waals surface area contributed by atoms with E-state index in [1.165, 1.54) is 0 Å². The number of benzene rings is 1. The van der Waals surface area contributed by atoms with Crippen LogP contribution in [0.1, 0.15) is 25.7 Å². The second-order valence-electron chi connectivity index (χ2n) is 7.23. The van der Waals surface area contributed by atoms with Gasteiger partial charge < -0.3 is 19.9 Å². The normalized spacial score (nSPS) is 27.9. The van der Waals surface area contributed by atoms with Crippen LogP contribution in [0.15, 0.2) is 24.3 Å². The Morgan fingerprint density at radius 1 is 1.15 bits per heavy atom. The summed E-state index contributed by atoms with van der Waals surface area (Å²) in [7, 11) is 1.62. The van der Waals surface area contributed by atoms with Gasteiger partial charge in [-0.05, 0) is 50.1 Å². The number of ether oxygens (including phenoxy) is 1. The van der Waals surface area contributed by atoms with Crippen LogP contribution in [-0.4, -0.2) is 55.5 Å². The fraction of sp³-hybridized carbons (Fsp3) is 0.579. The van der Waals surface area contributed by atoms with Crippen molar-refractivity contribution in [2.45, 2.75) is 37.8 Å². The maximum atomic E-state index is 13.1. The first kappa shape index (κ1) is 19.0. The van der Waals surface area contributed by atoms with Crippen LogP contribution >= 0.6 is 12.4 Å². The summed E-state index contributed by atoms with van der Waals surface area (Å²) in [6.07, 6.45) is 3.51. The van der Waals surface area contributed by atoms with E-state index in [0.717, 1.165) is 43.8 Å². The SMILES string of the molecule is COc1ccc(N2CC(C(=O)N3C4CCNCC3CC4)CC2=O)cc1.Cl. The number of halogens is 1. The minimum Gasteiger partial charge on any atom is -0.497 e. The van der Waals surface area contributed by atoms with E-state index in [-0.39, 0.29) is 30.1 Å². The highest BCUT2D eigenvalue weighted by molar-refractivity contribution is 6.00. The Balaban J connectivity index is 0.00000196. The number of anilines is 1. The van der Waals surface area contributed by atoms with Crippen LogP contribution < -0.4 is 15.0 Å². The molecule has 0 spiro atoms. The van der Waals surface area contributed by atoms with Crippen LogP contribution in [-0.2, 0) is 9.59 Å². The predicted molar refractivity (Wildman–Crippen MR) is 102 cm³/mol. The Bertz CT molecular complexity index is 652. The number of nitrogens with one attached hydrogen (secondary N) is 1. The lowest BCUT2D eigenvalue weighted by Crippen LogP contribution is -2.46. The van der Waals surface area contributed by atoms with Crippen molar-refractivity contribution < 1.29 is 14.3 Å². The predicted octanol–water partition coefficient (Wildman–Crippen LogP) is 1.82. The molecule has 3 saturated heterocycles. The minimum atomic E-state index is -0.226. The van der Waals surface area contributed by atoms with Gasteiger partial charge >= 0.3 is 0 Å². The van der Waals surface area contributed by atoms with Crippen LogP contribution in [0.25, 0.3) is 0 Å². The molecule has 0 saturated carbocycles. The number of carbonyl (C=O) groups is 2. The van der Waals surface area contributed by atoms with Gasteiger partial charge in [0.2, 0.25) is 11.8 Å². The third-order valence-electron chi connectivity index (χ3n) is 5.77. The second kappa shape index (κ2) is 7.84. The summed E-state index contributed by atoms with van der Waals surface area (Å²) >= 11 is 0. The summed E-state index contributed by atoms with van der Waals surface area (Å²) in [6, 6.07) is 8.09. The number of methoxy groups -OCH3 is 1.